The molecule has 0 radical (unpaired) electrons. The molecule has 192 valence electrons. The molecule has 0 spiro atoms. The van der Waals surface area contributed by atoms with Crippen LogP contribution in [0.25, 0.3) is 22.0 Å². The number of H-pyrrole nitrogens is 1. The van der Waals surface area contributed by atoms with E-state index in [2.05, 4.69) is 60.5 Å². The molecule has 2 heterocycles. The molecule has 38 heavy (non-hydrogen) atoms. The maximum absolute atomic E-state index is 14.0. The summed E-state index contributed by atoms with van der Waals surface area (Å²) in [5.74, 6) is -2.11. The number of rotatable bonds is 7. The Balaban J connectivity index is 1.51. The first-order chi connectivity index (χ1) is 18.3. The largest absolute Gasteiger partial charge is 0.361 e. The quantitative estimate of drug-likeness (QED) is 0.170. The maximum atomic E-state index is 14.0. The van der Waals surface area contributed by atoms with E-state index in [4.69, 9.17) is 0 Å². The second kappa shape index (κ2) is 11.4. The topological polar surface area (TPSA) is 57.8 Å². The minimum absolute atomic E-state index is 0.0128. The molecule has 2 N–H and O–H groups in total. The Bertz CT molecular complexity index is 1630. The first-order valence-electron chi connectivity index (χ1n) is 11.7. The van der Waals surface area contributed by atoms with E-state index in [0.29, 0.717) is 22.2 Å². The standard InChI is InChI=1S/C29H20F3I2N3O/c30-19-4-6-26-23(14-19)18(15-36-26)12-28(38)37-27(10-16-8-20(31)13-21(32)9-16)29-22(2-1-7-35-29)17-3-5-24(33)25(34)11-17/h1-9,11,13-15,27,36H,10,12H2,(H,37,38)/t27-/m0/s1. The molecule has 9 heteroatoms. The molecule has 0 aliphatic heterocycles. The molecule has 5 rings (SSSR count). The van der Waals surface area contributed by atoms with Gasteiger partial charge in [-0.3, -0.25) is 9.78 Å². The number of halogens is 5. The second-order valence-electron chi connectivity index (χ2n) is 8.85. The number of carbonyl (C=O) groups is 1. The van der Waals surface area contributed by atoms with E-state index in [0.717, 1.165) is 29.9 Å². The molecular weight excluding hydrogens is 717 g/mol. The van der Waals surface area contributed by atoms with Crippen LogP contribution < -0.4 is 5.32 Å². The molecule has 5 aromatic rings. The van der Waals surface area contributed by atoms with Crippen molar-refractivity contribution in [3.8, 4) is 11.1 Å². The summed E-state index contributed by atoms with van der Waals surface area (Å²) in [6.07, 6.45) is 3.42. The lowest BCUT2D eigenvalue weighted by Gasteiger charge is -2.22. The molecular formula is C29H20F3I2N3O. The van der Waals surface area contributed by atoms with E-state index in [1.807, 2.05) is 30.3 Å². The van der Waals surface area contributed by atoms with Gasteiger partial charge in [-0.05, 0) is 117 Å². The molecule has 1 atom stereocenters. The van der Waals surface area contributed by atoms with Crippen molar-refractivity contribution in [1.82, 2.24) is 15.3 Å². The first kappa shape index (κ1) is 26.7. The van der Waals surface area contributed by atoms with Crippen LogP contribution in [0, 0.1) is 24.6 Å². The SMILES string of the molecule is O=C(Cc1c[nH]c2ccc(F)cc12)N[C@@H](Cc1cc(F)cc(F)c1)c1ncccc1-c1ccc(I)c(I)c1. The van der Waals surface area contributed by atoms with Crippen LogP contribution in [0.4, 0.5) is 13.2 Å². The number of aromatic amines is 1. The second-order valence-corrected chi connectivity index (χ2v) is 11.2. The monoisotopic (exact) mass is 737 g/mol. The zero-order valence-corrected chi connectivity index (χ0v) is 24.1. The summed E-state index contributed by atoms with van der Waals surface area (Å²) < 4.78 is 44.1. The predicted octanol–water partition coefficient (Wildman–Crippen LogP) is 7.50. The third-order valence-electron chi connectivity index (χ3n) is 6.18. The fraction of sp³-hybridized carbons (Fsp3) is 0.103. The summed E-state index contributed by atoms with van der Waals surface area (Å²) >= 11 is 4.52. The average molecular weight is 737 g/mol. The van der Waals surface area contributed by atoms with Crippen molar-refractivity contribution in [1.29, 1.82) is 0 Å². The van der Waals surface area contributed by atoms with Gasteiger partial charge in [0.2, 0.25) is 5.91 Å². The Morgan fingerprint density at radius 2 is 1.71 bits per heavy atom. The third-order valence-corrected chi connectivity index (χ3v) is 9.04. The Kier molecular flexibility index (Phi) is 8.03. The zero-order chi connectivity index (χ0) is 26.8. The number of hydrogen-bond acceptors (Lipinski definition) is 2. The van der Waals surface area contributed by atoms with Crippen molar-refractivity contribution in [2.45, 2.75) is 18.9 Å². The van der Waals surface area contributed by atoms with Gasteiger partial charge >= 0.3 is 0 Å². The number of aromatic nitrogens is 2. The summed E-state index contributed by atoms with van der Waals surface area (Å²) in [4.78, 5) is 20.9. The van der Waals surface area contributed by atoms with E-state index in [-0.39, 0.29) is 18.7 Å². The number of amides is 1. The Morgan fingerprint density at radius 3 is 2.47 bits per heavy atom. The van der Waals surface area contributed by atoms with E-state index in [9.17, 15) is 18.0 Å². The van der Waals surface area contributed by atoms with Crippen LogP contribution in [0.2, 0.25) is 0 Å². The van der Waals surface area contributed by atoms with Gasteiger partial charge < -0.3 is 10.3 Å². The summed E-state index contributed by atoms with van der Waals surface area (Å²) in [5.41, 5.74) is 4.04. The van der Waals surface area contributed by atoms with Crippen molar-refractivity contribution < 1.29 is 18.0 Å². The normalized spacial score (nSPS) is 12.0. The molecule has 0 aliphatic rings. The Morgan fingerprint density at radius 1 is 0.921 bits per heavy atom. The average Bonchev–Trinajstić information content (AvgIpc) is 3.26. The molecule has 0 bridgehead atoms. The molecule has 0 unspecified atom stereocenters. The third kappa shape index (κ3) is 6.04. The van der Waals surface area contributed by atoms with Crippen LogP contribution in [-0.4, -0.2) is 15.9 Å². The number of hydrogen-bond donors (Lipinski definition) is 2. The fourth-order valence-corrected chi connectivity index (χ4v) is 5.35. The number of nitrogens with one attached hydrogen (secondary N) is 2. The number of nitrogens with zero attached hydrogens (tertiary/aromatic N) is 1. The van der Waals surface area contributed by atoms with Crippen LogP contribution in [-0.2, 0) is 17.6 Å². The van der Waals surface area contributed by atoms with Gasteiger partial charge in [0.25, 0.3) is 0 Å². The van der Waals surface area contributed by atoms with Crippen LogP contribution in [0.3, 0.4) is 0 Å². The van der Waals surface area contributed by atoms with Crippen molar-refractivity contribution in [3.05, 3.63) is 121 Å². The highest BCUT2D eigenvalue weighted by atomic mass is 127. The predicted molar refractivity (Wildman–Crippen MR) is 158 cm³/mol. The highest BCUT2D eigenvalue weighted by Gasteiger charge is 2.22. The van der Waals surface area contributed by atoms with Crippen LogP contribution in [0.15, 0.2) is 79.1 Å². The van der Waals surface area contributed by atoms with Gasteiger partial charge in [0.15, 0.2) is 0 Å². The van der Waals surface area contributed by atoms with Crippen molar-refractivity contribution in [2.24, 2.45) is 0 Å². The summed E-state index contributed by atoms with van der Waals surface area (Å²) in [6, 6.07) is 16.7. The molecule has 1 amide bonds. The number of carbonyl (C=O) groups excluding carboxylic acids is 1. The Hall–Kier alpha value is -2.93. The van der Waals surface area contributed by atoms with Gasteiger partial charge in [0.05, 0.1) is 18.2 Å². The first-order valence-corrected chi connectivity index (χ1v) is 13.8. The lowest BCUT2D eigenvalue weighted by molar-refractivity contribution is -0.121. The molecule has 0 saturated heterocycles. The molecule has 4 nitrogen and oxygen atoms in total. The molecule has 0 fully saturated rings. The Labute approximate surface area is 244 Å². The summed E-state index contributed by atoms with van der Waals surface area (Å²) in [5, 5.41) is 3.64. The van der Waals surface area contributed by atoms with Crippen molar-refractivity contribution in [2.75, 3.05) is 0 Å². The maximum Gasteiger partial charge on any atom is 0.225 e. The van der Waals surface area contributed by atoms with Crippen molar-refractivity contribution >= 4 is 62.0 Å². The number of pyridine rings is 1. The lowest BCUT2D eigenvalue weighted by Crippen LogP contribution is -2.32. The highest BCUT2D eigenvalue weighted by Crippen LogP contribution is 2.31. The van der Waals surface area contributed by atoms with Gasteiger partial charge in [-0.25, -0.2) is 13.2 Å². The number of benzene rings is 3. The molecule has 3 aromatic carbocycles. The van der Waals surface area contributed by atoms with E-state index in [1.54, 1.807) is 18.5 Å². The van der Waals surface area contributed by atoms with E-state index < -0.39 is 23.5 Å². The minimum atomic E-state index is -0.695. The highest BCUT2D eigenvalue weighted by molar-refractivity contribution is 14.1. The van der Waals surface area contributed by atoms with E-state index >= 15 is 0 Å². The molecule has 0 saturated carbocycles. The van der Waals surface area contributed by atoms with Gasteiger partial charge in [0.1, 0.15) is 17.5 Å². The van der Waals surface area contributed by atoms with Crippen LogP contribution in [0.5, 0.6) is 0 Å². The molecule has 2 aromatic heterocycles. The van der Waals surface area contributed by atoms with Crippen molar-refractivity contribution in [3.63, 3.8) is 0 Å². The minimum Gasteiger partial charge on any atom is -0.361 e. The summed E-state index contributed by atoms with van der Waals surface area (Å²) in [7, 11) is 0. The lowest BCUT2D eigenvalue weighted by atomic mass is 9.95. The van der Waals surface area contributed by atoms with E-state index in [1.165, 1.54) is 24.3 Å². The van der Waals surface area contributed by atoms with Gasteiger partial charge in [-0.1, -0.05) is 12.1 Å². The van der Waals surface area contributed by atoms with Gasteiger partial charge in [-0.2, -0.15) is 0 Å². The fourth-order valence-electron chi connectivity index (χ4n) is 4.50. The van der Waals surface area contributed by atoms with Crippen LogP contribution >= 0.6 is 45.2 Å². The van der Waals surface area contributed by atoms with Gasteiger partial charge in [0, 0.05) is 42.1 Å². The molecule has 0 aliphatic carbocycles. The van der Waals surface area contributed by atoms with Gasteiger partial charge in [-0.15, -0.1) is 0 Å². The summed E-state index contributed by atoms with van der Waals surface area (Å²) in [6.45, 7) is 0. The zero-order valence-electron chi connectivity index (χ0n) is 19.7. The number of fused-ring (bicyclic) bond motifs is 1. The smallest absolute Gasteiger partial charge is 0.225 e. The van der Waals surface area contributed by atoms with Crippen LogP contribution in [0.1, 0.15) is 22.9 Å².